The van der Waals surface area contributed by atoms with Crippen LogP contribution in [0.3, 0.4) is 0 Å². The van der Waals surface area contributed by atoms with Gasteiger partial charge in [0, 0.05) is 13.1 Å². The van der Waals surface area contributed by atoms with Crippen LogP contribution >= 0.6 is 0 Å². The largest absolute Gasteiger partial charge is 0.490 e. The number of carbonyl (C=O) groups excluding carboxylic acids is 1. The summed E-state index contributed by atoms with van der Waals surface area (Å²) in [6, 6.07) is 5.77. The van der Waals surface area contributed by atoms with Gasteiger partial charge in [0.1, 0.15) is 5.75 Å². The number of alkyl halides is 3. The summed E-state index contributed by atoms with van der Waals surface area (Å²) in [5, 5.41) is 0. The minimum absolute atomic E-state index is 0.0950. The zero-order valence-electron chi connectivity index (χ0n) is 14.0. The Kier molecular flexibility index (Phi) is 5.06. The van der Waals surface area contributed by atoms with E-state index in [9.17, 15) is 18.0 Å². The van der Waals surface area contributed by atoms with Crippen LogP contribution in [0.25, 0.3) is 0 Å². The van der Waals surface area contributed by atoms with Gasteiger partial charge in [0.15, 0.2) is 0 Å². The summed E-state index contributed by atoms with van der Waals surface area (Å²) < 4.78 is 44.1. The lowest BCUT2D eigenvalue weighted by Crippen LogP contribution is -2.34. The number of fused-ring (bicyclic) bond motifs is 1. The third kappa shape index (κ3) is 4.17. The second-order valence-corrected chi connectivity index (χ2v) is 6.78. The van der Waals surface area contributed by atoms with E-state index in [1.807, 2.05) is 18.2 Å². The maximum atomic E-state index is 12.7. The van der Waals surface area contributed by atoms with Crippen molar-refractivity contribution in [1.29, 1.82) is 0 Å². The molecule has 1 aromatic carbocycles. The highest BCUT2D eigenvalue weighted by Gasteiger charge is 2.41. The fraction of sp³-hybridized carbons (Fsp3) is 0.526. The van der Waals surface area contributed by atoms with E-state index >= 15 is 0 Å². The Morgan fingerprint density at radius 1 is 1.20 bits per heavy atom. The summed E-state index contributed by atoms with van der Waals surface area (Å²) in [4.78, 5) is 13.5. The van der Waals surface area contributed by atoms with Gasteiger partial charge < -0.3 is 9.64 Å². The Morgan fingerprint density at radius 3 is 2.56 bits per heavy atom. The molecule has 1 aliphatic carbocycles. The standard InChI is InChI=1S/C19H22F3NO2/c1-2-18(24)23-10-9-13-3-6-17(11-14(13)12-23)25-16-7-4-15(5-8-16)19(20,21)22/h2-3,6,11,15-16H,1,4-5,7-10,12H2. The number of halogens is 3. The molecule has 1 fully saturated rings. The van der Waals surface area contributed by atoms with Gasteiger partial charge in [-0.15, -0.1) is 0 Å². The van der Waals surface area contributed by atoms with Crippen LogP contribution in [0.5, 0.6) is 5.75 Å². The van der Waals surface area contributed by atoms with Crippen LogP contribution < -0.4 is 4.74 Å². The Bertz CT molecular complexity index is 649. The molecule has 0 radical (unpaired) electrons. The lowest BCUT2D eigenvalue weighted by Gasteiger charge is -2.31. The topological polar surface area (TPSA) is 29.5 Å². The molecule has 0 atom stereocenters. The Morgan fingerprint density at radius 2 is 1.92 bits per heavy atom. The van der Waals surface area contributed by atoms with Crippen LogP contribution in [-0.4, -0.2) is 29.6 Å². The van der Waals surface area contributed by atoms with Crippen LogP contribution in [-0.2, 0) is 17.8 Å². The lowest BCUT2D eigenvalue weighted by molar-refractivity contribution is -0.185. The molecule has 0 N–H and O–H groups in total. The number of ether oxygens (including phenoxy) is 1. The van der Waals surface area contributed by atoms with Gasteiger partial charge in [-0.05, 0) is 61.4 Å². The normalized spacial score (nSPS) is 23.7. The molecule has 1 aromatic rings. The van der Waals surface area contributed by atoms with Gasteiger partial charge in [-0.25, -0.2) is 0 Å². The Labute approximate surface area is 145 Å². The van der Waals surface area contributed by atoms with Crippen LogP contribution in [0.1, 0.15) is 36.8 Å². The second kappa shape index (κ2) is 7.10. The SMILES string of the molecule is C=CC(=O)N1CCc2ccc(OC3CCC(C(F)(F)F)CC3)cc2C1. The molecular weight excluding hydrogens is 331 g/mol. The number of rotatable bonds is 3. The van der Waals surface area contributed by atoms with Crippen LogP contribution in [0.15, 0.2) is 30.9 Å². The van der Waals surface area contributed by atoms with E-state index < -0.39 is 12.1 Å². The monoisotopic (exact) mass is 353 g/mol. The first-order valence-electron chi connectivity index (χ1n) is 8.63. The van der Waals surface area contributed by atoms with Gasteiger partial charge in [-0.2, -0.15) is 13.2 Å². The van der Waals surface area contributed by atoms with Crippen molar-refractivity contribution in [3.05, 3.63) is 42.0 Å². The molecule has 3 nitrogen and oxygen atoms in total. The summed E-state index contributed by atoms with van der Waals surface area (Å²) >= 11 is 0. The molecule has 1 aliphatic heterocycles. The summed E-state index contributed by atoms with van der Waals surface area (Å²) in [6.45, 7) is 4.69. The number of hydrogen-bond donors (Lipinski definition) is 0. The molecule has 0 aromatic heterocycles. The van der Waals surface area contributed by atoms with Crippen molar-refractivity contribution in [2.75, 3.05) is 6.54 Å². The van der Waals surface area contributed by atoms with Crippen molar-refractivity contribution in [3.63, 3.8) is 0 Å². The Hall–Kier alpha value is -1.98. The van der Waals surface area contributed by atoms with Crippen molar-refractivity contribution in [3.8, 4) is 5.75 Å². The van der Waals surface area contributed by atoms with E-state index in [1.54, 1.807) is 4.90 Å². The van der Waals surface area contributed by atoms with E-state index in [0.29, 0.717) is 31.7 Å². The molecule has 0 spiro atoms. The zero-order valence-corrected chi connectivity index (χ0v) is 14.0. The molecule has 3 rings (SSSR count). The summed E-state index contributed by atoms with van der Waals surface area (Å²) in [5.41, 5.74) is 2.21. The molecule has 0 bridgehead atoms. The highest BCUT2D eigenvalue weighted by molar-refractivity contribution is 5.87. The number of hydrogen-bond acceptors (Lipinski definition) is 2. The average molecular weight is 353 g/mol. The van der Waals surface area contributed by atoms with Crippen molar-refractivity contribution in [1.82, 2.24) is 4.90 Å². The maximum absolute atomic E-state index is 12.7. The summed E-state index contributed by atoms with van der Waals surface area (Å²) in [6.07, 6.45) is -1.09. The molecule has 6 heteroatoms. The predicted octanol–water partition coefficient (Wildman–Crippen LogP) is 4.26. The lowest BCUT2D eigenvalue weighted by atomic mass is 9.87. The highest BCUT2D eigenvalue weighted by atomic mass is 19.4. The van der Waals surface area contributed by atoms with Gasteiger partial charge in [-0.3, -0.25) is 4.79 Å². The highest BCUT2D eigenvalue weighted by Crippen LogP contribution is 2.38. The molecule has 1 amide bonds. The van der Waals surface area contributed by atoms with E-state index in [0.717, 1.165) is 12.0 Å². The minimum atomic E-state index is -4.10. The van der Waals surface area contributed by atoms with E-state index in [1.165, 1.54) is 11.6 Å². The first-order valence-corrected chi connectivity index (χ1v) is 8.63. The molecule has 0 saturated heterocycles. The maximum Gasteiger partial charge on any atom is 0.391 e. The van der Waals surface area contributed by atoms with Crippen LogP contribution in [0, 0.1) is 5.92 Å². The number of carbonyl (C=O) groups is 1. The smallest absolute Gasteiger partial charge is 0.391 e. The Balaban J connectivity index is 1.62. The molecular formula is C19H22F3NO2. The fourth-order valence-corrected chi connectivity index (χ4v) is 3.62. The first kappa shape index (κ1) is 17.8. The van der Waals surface area contributed by atoms with Crippen molar-refractivity contribution in [2.24, 2.45) is 5.92 Å². The zero-order chi connectivity index (χ0) is 18.0. The van der Waals surface area contributed by atoms with Gasteiger partial charge in [0.2, 0.25) is 5.91 Å². The van der Waals surface area contributed by atoms with Gasteiger partial charge in [0.25, 0.3) is 0 Å². The molecule has 1 heterocycles. The quantitative estimate of drug-likeness (QED) is 0.760. The number of amides is 1. The molecule has 1 saturated carbocycles. The summed E-state index contributed by atoms with van der Waals surface area (Å²) in [5.74, 6) is -0.626. The van der Waals surface area contributed by atoms with E-state index in [-0.39, 0.29) is 24.9 Å². The number of benzene rings is 1. The van der Waals surface area contributed by atoms with E-state index in [2.05, 4.69) is 6.58 Å². The summed E-state index contributed by atoms with van der Waals surface area (Å²) in [7, 11) is 0. The third-order valence-electron chi connectivity index (χ3n) is 5.12. The first-order chi connectivity index (χ1) is 11.9. The van der Waals surface area contributed by atoms with Crippen LogP contribution in [0.2, 0.25) is 0 Å². The molecule has 2 aliphatic rings. The van der Waals surface area contributed by atoms with E-state index in [4.69, 9.17) is 4.74 Å². The fourth-order valence-electron chi connectivity index (χ4n) is 3.62. The predicted molar refractivity (Wildman–Crippen MR) is 88.2 cm³/mol. The van der Waals surface area contributed by atoms with Gasteiger partial charge in [-0.1, -0.05) is 12.6 Å². The molecule has 0 unspecified atom stereocenters. The van der Waals surface area contributed by atoms with Crippen molar-refractivity contribution in [2.45, 2.75) is 50.9 Å². The average Bonchev–Trinajstić information content (AvgIpc) is 2.60. The van der Waals surface area contributed by atoms with Crippen LogP contribution in [0.4, 0.5) is 13.2 Å². The van der Waals surface area contributed by atoms with Gasteiger partial charge in [0.05, 0.1) is 12.0 Å². The molecule has 25 heavy (non-hydrogen) atoms. The molecule has 136 valence electrons. The third-order valence-corrected chi connectivity index (χ3v) is 5.12. The van der Waals surface area contributed by atoms with Gasteiger partial charge >= 0.3 is 6.18 Å². The minimum Gasteiger partial charge on any atom is -0.490 e. The van der Waals surface area contributed by atoms with Crippen molar-refractivity contribution >= 4 is 5.91 Å². The van der Waals surface area contributed by atoms with Crippen molar-refractivity contribution < 1.29 is 22.7 Å². The number of nitrogens with zero attached hydrogens (tertiary/aromatic N) is 1. The second-order valence-electron chi connectivity index (χ2n) is 6.78.